The lowest BCUT2D eigenvalue weighted by Crippen LogP contribution is -2.32. The maximum absolute atomic E-state index is 12.7. The summed E-state index contributed by atoms with van der Waals surface area (Å²) in [5, 5.41) is 2.87. The fourth-order valence-corrected chi connectivity index (χ4v) is 3.60. The van der Waals surface area contributed by atoms with Gasteiger partial charge in [0.2, 0.25) is 11.8 Å². The summed E-state index contributed by atoms with van der Waals surface area (Å²) in [5.41, 5.74) is 3.77. The number of amides is 2. The van der Waals surface area contributed by atoms with E-state index in [2.05, 4.69) is 5.32 Å². The van der Waals surface area contributed by atoms with Crippen molar-refractivity contribution in [3.05, 3.63) is 53.6 Å². The number of nitrogens with zero attached hydrogens (tertiary/aromatic N) is 1. The highest BCUT2D eigenvalue weighted by Crippen LogP contribution is 2.32. The van der Waals surface area contributed by atoms with Gasteiger partial charge in [0.25, 0.3) is 0 Å². The molecule has 1 N–H and O–H groups in total. The lowest BCUT2D eigenvalue weighted by Gasteiger charge is -2.22. The third kappa shape index (κ3) is 3.62. The molecule has 0 fully saturated rings. The Balaban J connectivity index is 1.78. The second-order valence-corrected chi connectivity index (χ2v) is 6.84. The molecule has 1 aliphatic rings. The van der Waals surface area contributed by atoms with Crippen LogP contribution in [0.15, 0.2) is 47.4 Å². The first-order chi connectivity index (χ1) is 11.6. The van der Waals surface area contributed by atoms with Crippen LogP contribution in [-0.4, -0.2) is 24.1 Å². The zero-order valence-corrected chi connectivity index (χ0v) is 14.7. The fraction of sp³-hybridized carbons (Fsp3) is 0.263. The average molecular weight is 340 g/mol. The van der Waals surface area contributed by atoms with E-state index < -0.39 is 0 Å². The van der Waals surface area contributed by atoms with E-state index in [9.17, 15) is 9.59 Å². The zero-order valence-electron chi connectivity index (χ0n) is 13.8. The number of hydrogen-bond donors (Lipinski definition) is 1. The third-order valence-corrected chi connectivity index (χ3v) is 5.04. The zero-order chi connectivity index (χ0) is 17.1. The van der Waals surface area contributed by atoms with Crippen LogP contribution in [-0.2, 0) is 16.0 Å². The highest BCUT2D eigenvalue weighted by Gasteiger charge is 2.18. The number of carbonyl (C=O) groups is 2. The van der Waals surface area contributed by atoms with Crippen LogP contribution in [0.25, 0.3) is 0 Å². The molecular weight excluding hydrogens is 320 g/mol. The molecule has 0 saturated heterocycles. The van der Waals surface area contributed by atoms with E-state index >= 15 is 0 Å². The van der Waals surface area contributed by atoms with Gasteiger partial charge in [-0.1, -0.05) is 18.2 Å². The van der Waals surface area contributed by atoms with Gasteiger partial charge in [-0.2, -0.15) is 0 Å². The molecule has 24 heavy (non-hydrogen) atoms. The van der Waals surface area contributed by atoms with Crippen LogP contribution < -0.4 is 10.2 Å². The molecule has 2 aromatic carbocycles. The maximum Gasteiger partial charge on any atom is 0.234 e. The molecule has 5 heteroatoms. The molecular formula is C19H20N2O2S. The molecule has 1 heterocycles. The minimum Gasteiger partial charge on any atom is -0.324 e. The van der Waals surface area contributed by atoms with Crippen LogP contribution in [0.4, 0.5) is 11.4 Å². The molecule has 0 atom stereocenters. The third-order valence-electron chi connectivity index (χ3n) is 3.96. The number of hydrogen-bond acceptors (Lipinski definition) is 3. The van der Waals surface area contributed by atoms with Crippen molar-refractivity contribution in [2.45, 2.75) is 25.2 Å². The Morgan fingerprint density at radius 1 is 1.25 bits per heavy atom. The quantitative estimate of drug-likeness (QED) is 0.924. The number of likely N-dealkylation sites (N-methyl/N-ethyl adjacent to an activating group) is 1. The first-order valence-corrected chi connectivity index (χ1v) is 8.98. The smallest absolute Gasteiger partial charge is 0.234 e. The van der Waals surface area contributed by atoms with Crippen molar-refractivity contribution in [3.63, 3.8) is 0 Å². The Hall–Kier alpha value is -2.27. The summed E-state index contributed by atoms with van der Waals surface area (Å²) >= 11 is 1.53. The molecule has 0 aliphatic carbocycles. The van der Waals surface area contributed by atoms with Crippen LogP contribution in [0.2, 0.25) is 0 Å². The minimum absolute atomic E-state index is 0.00548. The Kier molecular flexibility index (Phi) is 4.90. The van der Waals surface area contributed by atoms with Gasteiger partial charge in [-0.25, -0.2) is 0 Å². The summed E-state index contributed by atoms with van der Waals surface area (Å²) in [6.45, 7) is 4.62. The molecule has 0 bridgehead atoms. The normalized spacial score (nSPS) is 13.2. The van der Waals surface area contributed by atoms with Crippen molar-refractivity contribution in [1.29, 1.82) is 0 Å². The molecule has 2 amide bonds. The Labute approximate surface area is 146 Å². The summed E-state index contributed by atoms with van der Waals surface area (Å²) in [6, 6.07) is 13.8. The van der Waals surface area contributed by atoms with Gasteiger partial charge in [-0.3, -0.25) is 9.59 Å². The Morgan fingerprint density at radius 2 is 2.08 bits per heavy atom. The molecule has 0 spiro atoms. The summed E-state index contributed by atoms with van der Waals surface area (Å²) in [4.78, 5) is 27.1. The molecule has 3 rings (SSSR count). The standard InChI is InChI=1S/C19H20N2O2S/c1-3-21(15-6-4-5-13(2)9-15)19(23)11-14-7-8-17-16(10-14)20-18(22)12-24-17/h4-10H,3,11-12H2,1-2H3,(H,20,22). The van der Waals surface area contributed by atoms with E-state index in [1.807, 2.05) is 56.3 Å². The molecule has 0 aromatic heterocycles. The predicted octanol–water partition coefficient (Wildman–Crippen LogP) is 3.63. The summed E-state index contributed by atoms with van der Waals surface area (Å²) in [5.74, 6) is 0.506. The topological polar surface area (TPSA) is 49.4 Å². The summed E-state index contributed by atoms with van der Waals surface area (Å²) in [6.07, 6.45) is 0.315. The second-order valence-electron chi connectivity index (χ2n) is 5.82. The number of rotatable bonds is 4. The number of thioether (sulfide) groups is 1. The van der Waals surface area contributed by atoms with E-state index in [0.29, 0.717) is 18.7 Å². The summed E-state index contributed by atoms with van der Waals surface area (Å²) < 4.78 is 0. The molecule has 124 valence electrons. The molecule has 4 nitrogen and oxygen atoms in total. The fourth-order valence-electron chi connectivity index (χ4n) is 2.81. The van der Waals surface area contributed by atoms with Crippen molar-refractivity contribution in [3.8, 4) is 0 Å². The van der Waals surface area contributed by atoms with Crippen LogP contribution in [0, 0.1) is 6.92 Å². The van der Waals surface area contributed by atoms with Gasteiger partial charge in [0.15, 0.2) is 0 Å². The lowest BCUT2D eigenvalue weighted by molar-refractivity contribution is -0.118. The molecule has 2 aromatic rings. The first-order valence-electron chi connectivity index (χ1n) is 7.99. The number of aryl methyl sites for hydroxylation is 1. The largest absolute Gasteiger partial charge is 0.324 e. The van der Waals surface area contributed by atoms with Crippen molar-refractivity contribution >= 4 is 35.0 Å². The number of anilines is 2. The minimum atomic E-state index is 0.00548. The van der Waals surface area contributed by atoms with Crippen molar-refractivity contribution in [2.75, 3.05) is 22.5 Å². The average Bonchev–Trinajstić information content (AvgIpc) is 2.55. The van der Waals surface area contributed by atoms with Gasteiger partial charge in [-0.05, 0) is 49.2 Å². The van der Waals surface area contributed by atoms with E-state index in [-0.39, 0.29) is 11.8 Å². The van der Waals surface area contributed by atoms with Gasteiger partial charge < -0.3 is 10.2 Å². The second kappa shape index (κ2) is 7.09. The van der Waals surface area contributed by atoms with Crippen molar-refractivity contribution < 1.29 is 9.59 Å². The van der Waals surface area contributed by atoms with Crippen LogP contribution >= 0.6 is 11.8 Å². The molecule has 0 radical (unpaired) electrons. The van der Waals surface area contributed by atoms with E-state index in [1.54, 1.807) is 4.90 Å². The Morgan fingerprint density at radius 3 is 2.83 bits per heavy atom. The number of carbonyl (C=O) groups excluding carboxylic acids is 2. The number of benzene rings is 2. The van der Waals surface area contributed by atoms with Gasteiger partial charge in [-0.15, -0.1) is 11.8 Å². The maximum atomic E-state index is 12.7. The van der Waals surface area contributed by atoms with Crippen molar-refractivity contribution in [2.24, 2.45) is 0 Å². The molecule has 0 unspecified atom stereocenters. The van der Waals surface area contributed by atoms with Gasteiger partial charge >= 0.3 is 0 Å². The van der Waals surface area contributed by atoms with Crippen LogP contribution in [0.1, 0.15) is 18.1 Å². The first kappa shape index (κ1) is 16.6. The van der Waals surface area contributed by atoms with Gasteiger partial charge in [0.05, 0.1) is 17.9 Å². The lowest BCUT2D eigenvalue weighted by atomic mass is 10.1. The van der Waals surface area contributed by atoms with E-state index in [4.69, 9.17) is 0 Å². The summed E-state index contributed by atoms with van der Waals surface area (Å²) in [7, 11) is 0. The van der Waals surface area contributed by atoms with E-state index in [0.717, 1.165) is 27.4 Å². The van der Waals surface area contributed by atoms with Gasteiger partial charge in [0, 0.05) is 17.1 Å². The number of fused-ring (bicyclic) bond motifs is 1. The highest BCUT2D eigenvalue weighted by atomic mass is 32.2. The van der Waals surface area contributed by atoms with Crippen LogP contribution in [0.3, 0.4) is 0 Å². The Bertz CT molecular complexity index is 789. The SMILES string of the molecule is CCN(C(=O)Cc1ccc2c(c1)NC(=O)CS2)c1cccc(C)c1. The van der Waals surface area contributed by atoms with Crippen molar-refractivity contribution in [1.82, 2.24) is 0 Å². The molecule has 0 saturated carbocycles. The number of nitrogens with one attached hydrogen (secondary N) is 1. The van der Waals surface area contributed by atoms with Crippen LogP contribution in [0.5, 0.6) is 0 Å². The molecule has 1 aliphatic heterocycles. The monoisotopic (exact) mass is 340 g/mol. The predicted molar refractivity (Wildman–Crippen MR) is 98.7 cm³/mol. The van der Waals surface area contributed by atoms with E-state index in [1.165, 1.54) is 11.8 Å². The highest BCUT2D eigenvalue weighted by molar-refractivity contribution is 8.00. The van der Waals surface area contributed by atoms with Gasteiger partial charge in [0.1, 0.15) is 0 Å².